The second-order valence-corrected chi connectivity index (χ2v) is 16.6. The van der Waals surface area contributed by atoms with Crippen LogP contribution in [0.5, 0.6) is 5.75 Å². The summed E-state index contributed by atoms with van der Waals surface area (Å²) in [5.41, 5.74) is 1.38. The van der Waals surface area contributed by atoms with Gasteiger partial charge < -0.3 is 24.8 Å². The minimum absolute atomic E-state index is 0.0225. The number of urea groups is 1. The summed E-state index contributed by atoms with van der Waals surface area (Å²) in [4.78, 5) is 48.1. The third-order valence-corrected chi connectivity index (χ3v) is 12.6. The van der Waals surface area contributed by atoms with Crippen molar-refractivity contribution >= 4 is 39.2 Å². The van der Waals surface area contributed by atoms with Crippen molar-refractivity contribution in [1.82, 2.24) is 24.4 Å². The zero-order valence-corrected chi connectivity index (χ0v) is 32.3. The third-order valence-electron chi connectivity index (χ3n) is 9.90. The van der Waals surface area contributed by atoms with Crippen molar-refractivity contribution in [3.8, 4) is 5.75 Å². The third kappa shape index (κ3) is 10.4. The number of ether oxygens (including phenoxy) is 2. The number of imide groups is 1. The van der Waals surface area contributed by atoms with Gasteiger partial charge in [-0.15, -0.1) is 11.3 Å². The highest BCUT2D eigenvalue weighted by molar-refractivity contribution is 7.89. The summed E-state index contributed by atoms with van der Waals surface area (Å²) in [6, 6.07) is 13.0. The van der Waals surface area contributed by atoms with E-state index in [0.29, 0.717) is 30.9 Å². The molecule has 53 heavy (non-hydrogen) atoms. The highest BCUT2D eigenvalue weighted by Gasteiger charge is 2.43. The summed E-state index contributed by atoms with van der Waals surface area (Å²) in [6.45, 7) is 1.99. The van der Waals surface area contributed by atoms with Gasteiger partial charge in [-0.05, 0) is 61.4 Å². The van der Waals surface area contributed by atoms with E-state index in [0.717, 1.165) is 47.6 Å². The monoisotopic (exact) mass is 769 g/mol. The summed E-state index contributed by atoms with van der Waals surface area (Å²) in [6.07, 6.45) is 4.39. The molecule has 2 aromatic carbocycles. The lowest BCUT2D eigenvalue weighted by atomic mass is 9.99. The summed E-state index contributed by atoms with van der Waals surface area (Å²) in [5.74, 6) is -0.279. The SMILES string of the molecule is CCCC[C@H](C(=O)N[C@@H](Cc1ccccc1)[C@H](O)CN(CC1CCCC1)S(=O)(=O)c1ccc(OC)cc1)N1CC(=O)N(Cc2csc(COC)n2)C1=O. The standard InChI is InChI=1S/C38H51N5O8S2/c1-4-5-15-33(42-24-36(45)43(38(42)47)22-29-26-52-35(39-29)25-50-2)37(46)40-32(20-27-11-7-6-8-12-27)34(44)23-41(21-28-13-9-10-14-28)53(48,49)31-18-16-30(51-3)17-19-31/h6-8,11-12,16-19,26,28,32-34,44H,4-5,9-10,13-15,20-25H2,1-3H3,(H,40,46)/t32-,33+,34+/m0/s1. The molecule has 1 saturated heterocycles. The Bertz CT molecular complexity index is 1770. The van der Waals surface area contributed by atoms with E-state index in [-0.39, 0.29) is 43.4 Å². The number of aliphatic hydroxyl groups excluding tert-OH is 1. The number of carbonyl (C=O) groups excluding carboxylic acids is 3. The van der Waals surface area contributed by atoms with E-state index < -0.39 is 46.1 Å². The highest BCUT2D eigenvalue weighted by Crippen LogP contribution is 2.29. The topological polar surface area (TPSA) is 159 Å². The number of thiazole rings is 1. The zero-order chi connectivity index (χ0) is 38.0. The smallest absolute Gasteiger partial charge is 0.328 e. The zero-order valence-electron chi connectivity index (χ0n) is 30.7. The first-order valence-electron chi connectivity index (χ1n) is 18.2. The maximum atomic E-state index is 14.3. The van der Waals surface area contributed by atoms with Crippen LogP contribution in [0.1, 0.15) is 68.1 Å². The summed E-state index contributed by atoms with van der Waals surface area (Å²) < 4.78 is 39.9. The van der Waals surface area contributed by atoms with Crippen LogP contribution in [0.15, 0.2) is 64.9 Å². The molecule has 1 aromatic heterocycles. The number of nitrogens with one attached hydrogen (secondary N) is 1. The number of hydrogen-bond acceptors (Lipinski definition) is 10. The average Bonchev–Trinajstić information content (AvgIpc) is 3.90. The van der Waals surface area contributed by atoms with Gasteiger partial charge in [0.15, 0.2) is 0 Å². The molecule has 15 heteroatoms. The predicted molar refractivity (Wildman–Crippen MR) is 201 cm³/mol. The van der Waals surface area contributed by atoms with Crippen LogP contribution in [0, 0.1) is 5.92 Å². The van der Waals surface area contributed by atoms with E-state index >= 15 is 0 Å². The molecule has 2 N–H and O–H groups in total. The molecule has 3 atom stereocenters. The number of amides is 4. The fourth-order valence-corrected chi connectivity index (χ4v) is 9.26. The fourth-order valence-electron chi connectivity index (χ4n) is 6.97. The first kappa shape index (κ1) is 40.3. The minimum atomic E-state index is -4.03. The van der Waals surface area contributed by atoms with Crippen molar-refractivity contribution in [1.29, 1.82) is 0 Å². The molecule has 2 heterocycles. The Morgan fingerprint density at radius 1 is 1.09 bits per heavy atom. The van der Waals surface area contributed by atoms with Crippen molar-refractivity contribution < 1.29 is 37.4 Å². The molecule has 3 aromatic rings. The molecular formula is C38H51N5O8S2. The van der Waals surface area contributed by atoms with Gasteiger partial charge >= 0.3 is 6.03 Å². The Balaban J connectivity index is 1.38. The molecule has 2 aliphatic rings. The Labute approximate surface area is 316 Å². The quantitative estimate of drug-likeness (QED) is 0.157. The van der Waals surface area contributed by atoms with E-state index in [1.807, 2.05) is 37.3 Å². The first-order valence-corrected chi connectivity index (χ1v) is 20.6. The molecule has 0 spiro atoms. The number of carbonyl (C=O) groups is 3. The second-order valence-electron chi connectivity index (χ2n) is 13.7. The molecular weight excluding hydrogens is 719 g/mol. The van der Waals surface area contributed by atoms with Crippen LogP contribution in [0.2, 0.25) is 0 Å². The van der Waals surface area contributed by atoms with Crippen molar-refractivity contribution in [3.63, 3.8) is 0 Å². The molecule has 1 aliphatic carbocycles. The van der Waals surface area contributed by atoms with Crippen LogP contribution in [0.4, 0.5) is 4.79 Å². The molecule has 4 amide bonds. The number of hydrogen-bond donors (Lipinski definition) is 2. The van der Waals surface area contributed by atoms with E-state index in [9.17, 15) is 27.9 Å². The fraction of sp³-hybridized carbons (Fsp3) is 0.526. The lowest BCUT2D eigenvalue weighted by molar-refractivity contribution is -0.128. The number of sulfonamides is 1. The molecule has 0 unspecified atom stereocenters. The predicted octanol–water partition coefficient (Wildman–Crippen LogP) is 4.59. The van der Waals surface area contributed by atoms with Crippen LogP contribution in [-0.2, 0) is 43.9 Å². The van der Waals surface area contributed by atoms with Crippen LogP contribution in [0.3, 0.4) is 0 Å². The second kappa shape index (κ2) is 18.9. The van der Waals surface area contributed by atoms with Crippen molar-refractivity contribution in [2.24, 2.45) is 5.92 Å². The van der Waals surface area contributed by atoms with Crippen LogP contribution in [-0.4, -0.2) is 103 Å². The maximum Gasteiger partial charge on any atom is 0.328 e. The summed E-state index contributed by atoms with van der Waals surface area (Å²) >= 11 is 1.37. The molecule has 1 aliphatic heterocycles. The maximum absolute atomic E-state index is 14.3. The number of benzene rings is 2. The average molecular weight is 770 g/mol. The lowest BCUT2D eigenvalue weighted by Crippen LogP contribution is -2.56. The summed E-state index contributed by atoms with van der Waals surface area (Å²) in [7, 11) is -0.961. The van der Waals surface area contributed by atoms with Gasteiger partial charge in [-0.25, -0.2) is 18.2 Å². The Hall–Kier alpha value is -3.89. The van der Waals surface area contributed by atoms with Gasteiger partial charge in [0.1, 0.15) is 23.3 Å². The van der Waals surface area contributed by atoms with Gasteiger partial charge in [-0.1, -0.05) is 62.9 Å². The molecule has 1 saturated carbocycles. The highest BCUT2D eigenvalue weighted by atomic mass is 32.2. The van der Waals surface area contributed by atoms with Gasteiger partial charge in [-0.3, -0.25) is 14.5 Å². The van der Waals surface area contributed by atoms with Gasteiger partial charge in [0.2, 0.25) is 15.9 Å². The Morgan fingerprint density at radius 3 is 2.47 bits per heavy atom. The normalized spacial score (nSPS) is 17.1. The largest absolute Gasteiger partial charge is 0.497 e. The van der Waals surface area contributed by atoms with Crippen LogP contribution >= 0.6 is 11.3 Å². The minimum Gasteiger partial charge on any atom is -0.497 e. The Morgan fingerprint density at radius 2 is 1.81 bits per heavy atom. The number of aromatic nitrogens is 1. The molecule has 2 fully saturated rings. The van der Waals surface area contributed by atoms with E-state index in [1.54, 1.807) is 24.6 Å². The van der Waals surface area contributed by atoms with E-state index in [2.05, 4.69) is 10.3 Å². The van der Waals surface area contributed by atoms with E-state index in [4.69, 9.17) is 9.47 Å². The molecule has 288 valence electrons. The molecule has 0 radical (unpaired) electrons. The van der Waals surface area contributed by atoms with Gasteiger partial charge in [0.05, 0.1) is 43.0 Å². The van der Waals surface area contributed by atoms with Crippen molar-refractivity contribution in [2.75, 3.05) is 33.9 Å². The van der Waals surface area contributed by atoms with Gasteiger partial charge in [0, 0.05) is 25.6 Å². The molecule has 5 rings (SSSR count). The molecule has 0 bridgehead atoms. The lowest BCUT2D eigenvalue weighted by Gasteiger charge is -2.33. The van der Waals surface area contributed by atoms with Gasteiger partial charge in [-0.2, -0.15) is 4.31 Å². The number of unbranched alkanes of at least 4 members (excludes halogenated alkanes) is 1. The number of rotatable bonds is 20. The Kier molecular flexibility index (Phi) is 14.4. The van der Waals surface area contributed by atoms with Crippen LogP contribution < -0.4 is 10.1 Å². The van der Waals surface area contributed by atoms with Crippen molar-refractivity contribution in [2.45, 2.75) is 94.5 Å². The number of methoxy groups -OCH3 is 2. The summed E-state index contributed by atoms with van der Waals surface area (Å²) in [5, 5.41) is 17.4. The first-order chi connectivity index (χ1) is 25.5. The van der Waals surface area contributed by atoms with Gasteiger partial charge in [0.25, 0.3) is 5.91 Å². The number of aliphatic hydroxyl groups is 1. The van der Waals surface area contributed by atoms with Crippen LogP contribution in [0.25, 0.3) is 0 Å². The molecule has 13 nitrogen and oxygen atoms in total. The van der Waals surface area contributed by atoms with Crippen molar-refractivity contribution in [3.05, 3.63) is 76.2 Å². The van der Waals surface area contributed by atoms with E-state index in [1.165, 1.54) is 39.8 Å². The number of nitrogens with zero attached hydrogens (tertiary/aromatic N) is 4.